The van der Waals surface area contributed by atoms with E-state index in [0.717, 1.165) is 12.5 Å². The highest BCUT2D eigenvalue weighted by molar-refractivity contribution is 5.89. The van der Waals surface area contributed by atoms with E-state index >= 15 is 0 Å². The van der Waals surface area contributed by atoms with Crippen LogP contribution in [0.25, 0.3) is 0 Å². The first-order chi connectivity index (χ1) is 10.3. The lowest BCUT2D eigenvalue weighted by atomic mass is 9.63. The molecule has 1 fully saturated rings. The summed E-state index contributed by atoms with van der Waals surface area (Å²) in [6, 6.07) is 3.41. The molecule has 0 aliphatic heterocycles. The van der Waals surface area contributed by atoms with Crippen LogP contribution in [0.5, 0.6) is 0 Å². The summed E-state index contributed by atoms with van der Waals surface area (Å²) < 4.78 is 27.1. The first-order valence-corrected chi connectivity index (χ1v) is 7.77. The topological polar surface area (TPSA) is 49.3 Å². The smallest absolute Gasteiger partial charge is 0.230 e. The van der Waals surface area contributed by atoms with Crippen molar-refractivity contribution in [2.45, 2.75) is 51.0 Å². The molecule has 1 saturated carbocycles. The Bertz CT molecular complexity index is 541. The van der Waals surface area contributed by atoms with Gasteiger partial charge in [-0.15, -0.1) is 0 Å². The highest BCUT2D eigenvalue weighted by Crippen LogP contribution is 2.45. The van der Waals surface area contributed by atoms with Gasteiger partial charge in [-0.05, 0) is 38.2 Å². The number of carbonyl (C=O) groups excluding carboxylic acids is 1. The Morgan fingerprint density at radius 1 is 1.36 bits per heavy atom. The number of hydrogen-bond donors (Lipinski definition) is 2. The molecular formula is C17H23F2NO2. The van der Waals surface area contributed by atoms with Crippen LogP contribution < -0.4 is 5.32 Å². The molecule has 0 radical (unpaired) electrons. The van der Waals surface area contributed by atoms with Crippen molar-refractivity contribution < 1.29 is 18.7 Å². The molecular weight excluding hydrogens is 288 g/mol. The van der Waals surface area contributed by atoms with Crippen LogP contribution in [-0.4, -0.2) is 23.7 Å². The molecule has 1 aliphatic carbocycles. The molecule has 0 bridgehead atoms. The van der Waals surface area contributed by atoms with Crippen LogP contribution in [-0.2, 0) is 10.2 Å². The minimum absolute atomic E-state index is 0.138. The maximum Gasteiger partial charge on any atom is 0.230 e. The average molecular weight is 311 g/mol. The molecule has 0 spiro atoms. The summed E-state index contributed by atoms with van der Waals surface area (Å²) >= 11 is 0. The lowest BCUT2D eigenvalue weighted by Gasteiger charge is -2.41. The van der Waals surface area contributed by atoms with Crippen LogP contribution in [0.2, 0.25) is 0 Å². The van der Waals surface area contributed by atoms with Gasteiger partial charge in [0.15, 0.2) is 0 Å². The summed E-state index contributed by atoms with van der Waals surface area (Å²) in [6.45, 7) is 4.09. The van der Waals surface area contributed by atoms with Gasteiger partial charge in [-0.2, -0.15) is 0 Å². The number of nitrogens with one attached hydrogen (secondary N) is 1. The van der Waals surface area contributed by atoms with Crippen LogP contribution in [0.15, 0.2) is 18.2 Å². The molecule has 5 heteroatoms. The van der Waals surface area contributed by atoms with Crippen LogP contribution in [0, 0.1) is 17.6 Å². The summed E-state index contributed by atoms with van der Waals surface area (Å²) in [4.78, 5) is 12.5. The quantitative estimate of drug-likeness (QED) is 0.848. The van der Waals surface area contributed by atoms with Crippen LogP contribution >= 0.6 is 0 Å². The highest BCUT2D eigenvalue weighted by Gasteiger charge is 2.47. The molecule has 22 heavy (non-hydrogen) atoms. The normalized spacial score (nSPS) is 19.1. The van der Waals surface area contributed by atoms with Gasteiger partial charge in [-0.25, -0.2) is 8.78 Å². The molecule has 1 aromatic rings. The molecule has 2 rings (SSSR count). The molecule has 0 heterocycles. The molecule has 3 nitrogen and oxygen atoms in total. The van der Waals surface area contributed by atoms with Gasteiger partial charge in [0.25, 0.3) is 0 Å². The summed E-state index contributed by atoms with van der Waals surface area (Å²) in [6.07, 6.45) is 2.18. The first-order valence-electron chi connectivity index (χ1n) is 7.77. The largest absolute Gasteiger partial charge is 0.393 e. The Balaban J connectivity index is 2.08. The van der Waals surface area contributed by atoms with E-state index < -0.39 is 23.2 Å². The van der Waals surface area contributed by atoms with Gasteiger partial charge in [0, 0.05) is 18.2 Å². The van der Waals surface area contributed by atoms with Crippen molar-refractivity contribution in [1.82, 2.24) is 5.32 Å². The molecule has 1 aliphatic rings. The highest BCUT2D eigenvalue weighted by atomic mass is 19.1. The Morgan fingerprint density at radius 2 is 2.05 bits per heavy atom. The third kappa shape index (κ3) is 3.46. The van der Waals surface area contributed by atoms with Gasteiger partial charge in [0.05, 0.1) is 11.5 Å². The molecule has 2 atom stereocenters. The van der Waals surface area contributed by atoms with E-state index in [9.17, 15) is 18.7 Å². The Labute approximate surface area is 129 Å². The van der Waals surface area contributed by atoms with E-state index in [1.165, 1.54) is 12.1 Å². The molecule has 122 valence electrons. The second kappa shape index (κ2) is 6.73. The fraction of sp³-hybridized carbons (Fsp3) is 0.588. The Kier molecular flexibility index (Phi) is 5.16. The summed E-state index contributed by atoms with van der Waals surface area (Å²) in [5.74, 6) is -1.37. The summed E-state index contributed by atoms with van der Waals surface area (Å²) in [5.41, 5.74) is -0.594. The minimum Gasteiger partial charge on any atom is -0.393 e. The van der Waals surface area contributed by atoms with E-state index in [1.54, 1.807) is 6.92 Å². The lowest BCUT2D eigenvalue weighted by molar-refractivity contribution is -0.130. The predicted octanol–water partition coefficient (Wildman–Crippen LogP) is 2.91. The minimum atomic E-state index is -0.873. The van der Waals surface area contributed by atoms with Crippen molar-refractivity contribution in [3.63, 3.8) is 0 Å². The number of carbonyl (C=O) groups is 1. The van der Waals surface area contributed by atoms with Gasteiger partial charge >= 0.3 is 0 Å². The summed E-state index contributed by atoms with van der Waals surface area (Å²) in [5, 5.41) is 12.2. The standard InChI is InChI=1S/C17H23F2NO2/c1-11(8-12(2)21)10-20-16(22)17(6-3-7-17)14-5-4-13(18)9-15(14)19/h4-5,9,11-12,21H,3,6-8,10H2,1-2H3,(H,20,22). The Morgan fingerprint density at radius 3 is 2.55 bits per heavy atom. The van der Waals surface area contributed by atoms with Gasteiger partial charge in [-0.3, -0.25) is 4.79 Å². The molecule has 2 unspecified atom stereocenters. The predicted molar refractivity (Wildman–Crippen MR) is 80.4 cm³/mol. The van der Waals surface area contributed by atoms with Crippen molar-refractivity contribution in [3.05, 3.63) is 35.4 Å². The average Bonchev–Trinajstić information content (AvgIpc) is 2.36. The summed E-state index contributed by atoms with van der Waals surface area (Å²) in [7, 11) is 0. The van der Waals surface area contributed by atoms with Crippen LogP contribution in [0.4, 0.5) is 8.78 Å². The van der Waals surface area contributed by atoms with Crippen LogP contribution in [0.1, 0.15) is 45.1 Å². The third-order valence-electron chi connectivity index (χ3n) is 4.44. The van der Waals surface area contributed by atoms with Crippen molar-refractivity contribution in [2.75, 3.05) is 6.54 Å². The van der Waals surface area contributed by atoms with E-state index in [0.29, 0.717) is 25.8 Å². The molecule has 1 amide bonds. The fourth-order valence-electron chi connectivity index (χ4n) is 3.13. The molecule has 1 aromatic carbocycles. The number of hydrogen-bond acceptors (Lipinski definition) is 2. The van der Waals surface area contributed by atoms with E-state index in [-0.39, 0.29) is 17.4 Å². The van der Waals surface area contributed by atoms with Gasteiger partial charge in [0.2, 0.25) is 5.91 Å². The van der Waals surface area contributed by atoms with Crippen molar-refractivity contribution in [3.8, 4) is 0 Å². The zero-order valence-corrected chi connectivity index (χ0v) is 13.0. The third-order valence-corrected chi connectivity index (χ3v) is 4.44. The fourth-order valence-corrected chi connectivity index (χ4v) is 3.13. The number of aliphatic hydroxyl groups excluding tert-OH is 1. The van der Waals surface area contributed by atoms with Crippen molar-refractivity contribution in [1.29, 1.82) is 0 Å². The second-order valence-electron chi connectivity index (χ2n) is 6.46. The molecule has 2 N–H and O–H groups in total. The zero-order chi connectivity index (χ0) is 16.3. The van der Waals surface area contributed by atoms with Gasteiger partial charge in [-0.1, -0.05) is 19.4 Å². The van der Waals surface area contributed by atoms with Crippen molar-refractivity contribution in [2.24, 2.45) is 5.92 Å². The second-order valence-corrected chi connectivity index (χ2v) is 6.46. The van der Waals surface area contributed by atoms with E-state index in [2.05, 4.69) is 5.32 Å². The number of aliphatic hydroxyl groups is 1. The molecule has 0 saturated heterocycles. The first kappa shape index (κ1) is 16.9. The number of benzene rings is 1. The number of rotatable bonds is 6. The monoisotopic (exact) mass is 311 g/mol. The Hall–Kier alpha value is -1.49. The van der Waals surface area contributed by atoms with E-state index in [1.807, 2.05) is 6.92 Å². The SMILES string of the molecule is CC(O)CC(C)CNC(=O)C1(c2ccc(F)cc2F)CCC1. The molecule has 0 aromatic heterocycles. The van der Waals surface area contributed by atoms with Gasteiger partial charge in [0.1, 0.15) is 11.6 Å². The lowest BCUT2D eigenvalue weighted by Crippen LogP contribution is -2.50. The number of amides is 1. The maximum absolute atomic E-state index is 14.0. The van der Waals surface area contributed by atoms with E-state index in [4.69, 9.17) is 0 Å². The van der Waals surface area contributed by atoms with Gasteiger partial charge < -0.3 is 10.4 Å². The zero-order valence-electron chi connectivity index (χ0n) is 13.0. The van der Waals surface area contributed by atoms with Crippen LogP contribution in [0.3, 0.4) is 0 Å². The van der Waals surface area contributed by atoms with Crippen molar-refractivity contribution >= 4 is 5.91 Å². The maximum atomic E-state index is 14.0. The number of halogens is 2.